The predicted octanol–water partition coefficient (Wildman–Crippen LogP) is 1.39. The first-order chi connectivity index (χ1) is 9.36. The molecule has 0 saturated heterocycles. The zero-order valence-electron chi connectivity index (χ0n) is 10.7. The lowest BCUT2D eigenvalue weighted by Crippen LogP contribution is -2.24. The van der Waals surface area contributed by atoms with E-state index in [1.165, 1.54) is 18.2 Å². The number of esters is 1. The third-order valence-electron chi connectivity index (χ3n) is 2.61. The van der Waals surface area contributed by atoms with Crippen molar-refractivity contribution in [3.8, 4) is 0 Å². The van der Waals surface area contributed by atoms with E-state index in [4.69, 9.17) is 16.7 Å². The van der Waals surface area contributed by atoms with Gasteiger partial charge in [0.25, 0.3) is 0 Å². The molecule has 0 aliphatic rings. The van der Waals surface area contributed by atoms with E-state index in [2.05, 4.69) is 4.74 Å². The smallest absolute Gasteiger partial charge is 0.336 e. The molecular formula is C13H15ClO6. The third kappa shape index (κ3) is 4.19. The van der Waals surface area contributed by atoms with Crippen LogP contribution in [0.25, 0.3) is 0 Å². The van der Waals surface area contributed by atoms with E-state index in [0.29, 0.717) is 0 Å². The van der Waals surface area contributed by atoms with Crippen LogP contribution in [0.1, 0.15) is 35.4 Å². The second-order valence-electron chi connectivity index (χ2n) is 4.06. The fourth-order valence-electron chi connectivity index (χ4n) is 1.68. The molecule has 0 aliphatic heterocycles. The number of carbonyl (C=O) groups excluding carboxylic acids is 1. The van der Waals surface area contributed by atoms with E-state index in [9.17, 15) is 19.8 Å². The van der Waals surface area contributed by atoms with Gasteiger partial charge in [0, 0.05) is 5.02 Å². The Kier molecular flexibility index (Phi) is 5.94. The molecule has 0 aliphatic carbocycles. The highest BCUT2D eigenvalue weighted by Crippen LogP contribution is 2.26. The number of carboxylic acid groups (broad SMARTS) is 1. The largest absolute Gasteiger partial charge is 0.478 e. The van der Waals surface area contributed by atoms with Crippen molar-refractivity contribution in [1.29, 1.82) is 0 Å². The normalized spacial score (nSPS) is 13.6. The minimum absolute atomic E-state index is 0.0539. The van der Waals surface area contributed by atoms with E-state index in [1.807, 2.05) is 0 Å². The summed E-state index contributed by atoms with van der Waals surface area (Å²) in [6.45, 7) is 1.76. The first kappa shape index (κ1) is 16.4. The maximum absolute atomic E-state index is 11.2. The molecule has 0 bridgehead atoms. The molecule has 0 saturated carbocycles. The fraction of sp³-hybridized carbons (Fsp3) is 0.385. The summed E-state index contributed by atoms with van der Waals surface area (Å²) in [5, 5.41) is 29.0. The monoisotopic (exact) mass is 302 g/mol. The second kappa shape index (κ2) is 7.23. The molecule has 0 spiro atoms. The molecule has 2 unspecified atom stereocenters. The molecule has 110 valence electrons. The number of aliphatic hydroxyl groups excluding tert-OH is 2. The molecule has 1 rings (SSSR count). The Morgan fingerprint density at radius 2 is 2.00 bits per heavy atom. The molecule has 2 atom stereocenters. The average Bonchev–Trinajstić information content (AvgIpc) is 2.37. The van der Waals surface area contributed by atoms with Crippen molar-refractivity contribution in [3.63, 3.8) is 0 Å². The number of halogens is 1. The summed E-state index contributed by atoms with van der Waals surface area (Å²) in [6, 6.07) is 3.82. The minimum Gasteiger partial charge on any atom is -0.478 e. The van der Waals surface area contributed by atoms with Crippen molar-refractivity contribution >= 4 is 23.5 Å². The maximum Gasteiger partial charge on any atom is 0.336 e. The number of benzene rings is 1. The Balaban J connectivity index is 2.95. The van der Waals surface area contributed by atoms with Crippen LogP contribution >= 0.6 is 11.6 Å². The van der Waals surface area contributed by atoms with Crippen molar-refractivity contribution in [3.05, 3.63) is 34.3 Å². The number of hydrogen-bond donors (Lipinski definition) is 3. The van der Waals surface area contributed by atoms with Gasteiger partial charge in [-0.1, -0.05) is 11.6 Å². The van der Waals surface area contributed by atoms with Gasteiger partial charge in [0.2, 0.25) is 0 Å². The van der Waals surface area contributed by atoms with Crippen LogP contribution in [-0.4, -0.2) is 40.0 Å². The van der Waals surface area contributed by atoms with Gasteiger partial charge < -0.3 is 20.1 Å². The molecule has 0 fully saturated rings. The quantitative estimate of drug-likeness (QED) is 0.686. The number of aliphatic hydroxyl groups is 2. The lowest BCUT2D eigenvalue weighted by Gasteiger charge is -2.19. The molecule has 1 aromatic rings. The van der Waals surface area contributed by atoms with Gasteiger partial charge >= 0.3 is 11.9 Å². The molecule has 0 radical (unpaired) electrons. The van der Waals surface area contributed by atoms with Gasteiger partial charge in [-0.3, -0.25) is 4.79 Å². The number of carboxylic acids is 1. The first-order valence-electron chi connectivity index (χ1n) is 5.91. The topological polar surface area (TPSA) is 104 Å². The van der Waals surface area contributed by atoms with Gasteiger partial charge in [-0.05, 0) is 30.7 Å². The Morgan fingerprint density at radius 1 is 1.35 bits per heavy atom. The average molecular weight is 303 g/mol. The van der Waals surface area contributed by atoms with Crippen molar-refractivity contribution in [2.45, 2.75) is 25.6 Å². The number of aromatic carboxylic acids is 1. The van der Waals surface area contributed by atoms with Gasteiger partial charge in [0.15, 0.2) is 0 Å². The summed E-state index contributed by atoms with van der Waals surface area (Å²) in [5.41, 5.74) is -0.244. The summed E-state index contributed by atoms with van der Waals surface area (Å²) in [6.07, 6.45) is -3.48. The van der Waals surface area contributed by atoms with Crippen LogP contribution in [0.15, 0.2) is 18.2 Å². The molecule has 0 heterocycles. The molecule has 20 heavy (non-hydrogen) atoms. The van der Waals surface area contributed by atoms with E-state index >= 15 is 0 Å². The highest BCUT2D eigenvalue weighted by molar-refractivity contribution is 6.30. The van der Waals surface area contributed by atoms with Crippen LogP contribution in [0, 0.1) is 0 Å². The zero-order chi connectivity index (χ0) is 15.3. The van der Waals surface area contributed by atoms with Crippen molar-refractivity contribution in [1.82, 2.24) is 0 Å². The van der Waals surface area contributed by atoms with Crippen LogP contribution in [0.3, 0.4) is 0 Å². The van der Waals surface area contributed by atoms with Crippen LogP contribution in [-0.2, 0) is 9.53 Å². The van der Waals surface area contributed by atoms with Crippen molar-refractivity contribution < 1.29 is 29.6 Å². The van der Waals surface area contributed by atoms with Gasteiger partial charge in [0.05, 0.1) is 24.7 Å². The Labute approximate surface area is 120 Å². The standard InChI is InChI=1S/C13H15ClO6/c1-2-20-11(16)6-10(15)12(17)9-5-7(14)3-4-8(9)13(18)19/h3-5,10,12,15,17H,2,6H2,1H3,(H,18,19). The highest BCUT2D eigenvalue weighted by atomic mass is 35.5. The fourth-order valence-corrected chi connectivity index (χ4v) is 1.86. The number of hydrogen-bond acceptors (Lipinski definition) is 5. The molecule has 3 N–H and O–H groups in total. The minimum atomic E-state index is -1.55. The van der Waals surface area contributed by atoms with Crippen molar-refractivity contribution in [2.75, 3.05) is 6.61 Å². The highest BCUT2D eigenvalue weighted by Gasteiger charge is 2.26. The summed E-state index contributed by atoms with van der Waals surface area (Å²) < 4.78 is 4.65. The van der Waals surface area contributed by atoms with Gasteiger partial charge in [-0.25, -0.2) is 4.79 Å². The molecule has 1 aromatic carbocycles. The Bertz CT molecular complexity index is 502. The summed E-state index contributed by atoms with van der Waals surface area (Å²) in [5.74, 6) is -1.95. The van der Waals surface area contributed by atoms with Crippen LogP contribution in [0.4, 0.5) is 0 Å². The maximum atomic E-state index is 11.2. The third-order valence-corrected chi connectivity index (χ3v) is 2.84. The SMILES string of the molecule is CCOC(=O)CC(O)C(O)c1cc(Cl)ccc1C(=O)O. The van der Waals surface area contributed by atoms with Gasteiger partial charge in [0.1, 0.15) is 6.10 Å². The Morgan fingerprint density at radius 3 is 2.55 bits per heavy atom. The number of ether oxygens (including phenoxy) is 1. The molecular weight excluding hydrogens is 288 g/mol. The van der Waals surface area contributed by atoms with E-state index < -0.39 is 30.6 Å². The Hall–Kier alpha value is -1.63. The van der Waals surface area contributed by atoms with E-state index in [-0.39, 0.29) is 22.8 Å². The second-order valence-corrected chi connectivity index (χ2v) is 4.49. The van der Waals surface area contributed by atoms with Crippen LogP contribution in [0.5, 0.6) is 0 Å². The first-order valence-corrected chi connectivity index (χ1v) is 6.29. The zero-order valence-corrected chi connectivity index (χ0v) is 11.5. The predicted molar refractivity (Wildman–Crippen MR) is 70.6 cm³/mol. The van der Waals surface area contributed by atoms with Crippen LogP contribution in [0.2, 0.25) is 5.02 Å². The van der Waals surface area contributed by atoms with Crippen LogP contribution < -0.4 is 0 Å². The number of rotatable bonds is 6. The summed E-state index contributed by atoms with van der Waals surface area (Å²) in [7, 11) is 0. The number of carbonyl (C=O) groups is 2. The molecule has 6 nitrogen and oxygen atoms in total. The summed E-state index contributed by atoms with van der Waals surface area (Å²) >= 11 is 5.75. The lowest BCUT2D eigenvalue weighted by atomic mass is 9.97. The van der Waals surface area contributed by atoms with Gasteiger partial charge in [-0.15, -0.1) is 0 Å². The van der Waals surface area contributed by atoms with Crippen molar-refractivity contribution in [2.24, 2.45) is 0 Å². The molecule has 0 aromatic heterocycles. The molecule has 0 amide bonds. The summed E-state index contributed by atoms with van der Waals surface area (Å²) in [4.78, 5) is 22.3. The van der Waals surface area contributed by atoms with E-state index in [0.717, 1.165) is 0 Å². The molecule has 7 heteroatoms. The van der Waals surface area contributed by atoms with Gasteiger partial charge in [-0.2, -0.15) is 0 Å². The van der Waals surface area contributed by atoms with E-state index in [1.54, 1.807) is 6.92 Å². The lowest BCUT2D eigenvalue weighted by molar-refractivity contribution is -0.147.